The molecular weight excluding hydrogens is 126 g/mol. The molecule has 1 amide bonds. The van der Waals surface area contributed by atoms with E-state index in [4.69, 9.17) is 0 Å². The SMILES string of the molecule is CC(=O)N1C=C2CCC1C2. The van der Waals surface area contributed by atoms with E-state index in [1.807, 2.05) is 11.1 Å². The van der Waals surface area contributed by atoms with Crippen molar-refractivity contribution in [2.24, 2.45) is 0 Å². The quantitative estimate of drug-likeness (QED) is 0.492. The van der Waals surface area contributed by atoms with Gasteiger partial charge < -0.3 is 4.90 Å². The molecule has 1 fully saturated rings. The molecule has 1 atom stereocenters. The third-order valence-electron chi connectivity index (χ3n) is 2.38. The van der Waals surface area contributed by atoms with E-state index in [0.717, 1.165) is 6.42 Å². The van der Waals surface area contributed by atoms with Gasteiger partial charge in [0.1, 0.15) is 0 Å². The van der Waals surface area contributed by atoms with E-state index in [0.29, 0.717) is 6.04 Å². The number of hydrogen-bond donors (Lipinski definition) is 0. The molecule has 0 radical (unpaired) electrons. The van der Waals surface area contributed by atoms with Crippen LogP contribution < -0.4 is 0 Å². The Bertz CT molecular complexity index is 207. The second-order valence-electron chi connectivity index (χ2n) is 3.11. The Kier molecular flexibility index (Phi) is 1.10. The molecule has 0 N–H and O–H groups in total. The van der Waals surface area contributed by atoms with E-state index in [2.05, 4.69) is 0 Å². The summed E-state index contributed by atoms with van der Waals surface area (Å²) in [5, 5.41) is 0. The molecular formula is C8H11NO. The highest BCUT2D eigenvalue weighted by Crippen LogP contribution is 2.35. The maximum absolute atomic E-state index is 10.9. The summed E-state index contributed by atoms with van der Waals surface area (Å²) in [5.41, 5.74) is 1.46. The lowest BCUT2D eigenvalue weighted by Gasteiger charge is -2.21. The van der Waals surface area contributed by atoms with Gasteiger partial charge in [0.15, 0.2) is 0 Å². The first-order valence-electron chi connectivity index (χ1n) is 3.76. The average Bonchev–Trinajstić information content (AvgIpc) is 2.44. The fraction of sp³-hybridized carbons (Fsp3) is 0.625. The van der Waals surface area contributed by atoms with Crippen LogP contribution in [0.15, 0.2) is 11.8 Å². The molecule has 2 rings (SSSR count). The minimum Gasteiger partial charge on any atom is -0.316 e. The van der Waals surface area contributed by atoms with Crippen LogP contribution in [0.25, 0.3) is 0 Å². The van der Waals surface area contributed by atoms with Crippen molar-refractivity contribution >= 4 is 5.91 Å². The van der Waals surface area contributed by atoms with Gasteiger partial charge in [0, 0.05) is 19.2 Å². The molecule has 1 heterocycles. The molecule has 2 heteroatoms. The molecule has 10 heavy (non-hydrogen) atoms. The van der Waals surface area contributed by atoms with Gasteiger partial charge in [-0.15, -0.1) is 0 Å². The molecule has 0 aromatic heterocycles. The van der Waals surface area contributed by atoms with Crippen molar-refractivity contribution < 1.29 is 4.79 Å². The zero-order valence-electron chi connectivity index (χ0n) is 6.13. The summed E-state index contributed by atoms with van der Waals surface area (Å²) in [4.78, 5) is 12.8. The molecule has 0 spiro atoms. The Morgan fingerprint density at radius 1 is 1.80 bits per heavy atom. The summed E-state index contributed by atoms with van der Waals surface area (Å²) in [7, 11) is 0. The van der Waals surface area contributed by atoms with Gasteiger partial charge in [0.25, 0.3) is 0 Å². The number of amides is 1. The zero-order chi connectivity index (χ0) is 7.14. The van der Waals surface area contributed by atoms with Crippen molar-refractivity contribution in [2.45, 2.75) is 32.2 Å². The van der Waals surface area contributed by atoms with Crippen molar-refractivity contribution in [3.63, 3.8) is 0 Å². The van der Waals surface area contributed by atoms with Crippen LogP contribution in [0.5, 0.6) is 0 Å². The van der Waals surface area contributed by atoms with Gasteiger partial charge in [0.05, 0.1) is 0 Å². The summed E-state index contributed by atoms with van der Waals surface area (Å²) < 4.78 is 0. The van der Waals surface area contributed by atoms with Crippen LogP contribution in [0, 0.1) is 0 Å². The first-order chi connectivity index (χ1) is 4.77. The Balaban J connectivity index is 2.22. The van der Waals surface area contributed by atoms with Crippen molar-refractivity contribution in [3.8, 4) is 0 Å². The van der Waals surface area contributed by atoms with Crippen LogP contribution in [0.1, 0.15) is 26.2 Å². The highest BCUT2D eigenvalue weighted by molar-refractivity contribution is 5.75. The number of rotatable bonds is 0. The Morgan fingerprint density at radius 2 is 2.60 bits per heavy atom. The van der Waals surface area contributed by atoms with Crippen LogP contribution >= 0.6 is 0 Å². The Labute approximate surface area is 60.5 Å². The second kappa shape index (κ2) is 1.84. The normalized spacial score (nSPS) is 29.1. The van der Waals surface area contributed by atoms with Gasteiger partial charge in [-0.05, 0) is 19.3 Å². The largest absolute Gasteiger partial charge is 0.316 e. The van der Waals surface area contributed by atoms with Crippen LogP contribution in [0.2, 0.25) is 0 Å². The van der Waals surface area contributed by atoms with E-state index in [1.165, 1.54) is 18.4 Å². The Morgan fingerprint density at radius 3 is 2.90 bits per heavy atom. The second-order valence-corrected chi connectivity index (χ2v) is 3.11. The molecule has 1 aliphatic carbocycles. The maximum atomic E-state index is 10.9. The standard InChI is InChI=1S/C8H11NO/c1-6(10)9-5-7-2-3-8(9)4-7/h5,8H,2-4H2,1H3. The lowest BCUT2D eigenvalue weighted by Crippen LogP contribution is -2.30. The van der Waals surface area contributed by atoms with Crippen molar-refractivity contribution in [2.75, 3.05) is 0 Å². The van der Waals surface area contributed by atoms with Gasteiger partial charge in [0.2, 0.25) is 5.91 Å². The lowest BCUT2D eigenvalue weighted by atomic mass is 10.2. The van der Waals surface area contributed by atoms with Crippen LogP contribution in [0.3, 0.4) is 0 Å². The molecule has 2 bridgehead atoms. The highest BCUT2D eigenvalue weighted by atomic mass is 16.2. The molecule has 54 valence electrons. The van der Waals surface area contributed by atoms with Crippen molar-refractivity contribution in [1.29, 1.82) is 0 Å². The first-order valence-corrected chi connectivity index (χ1v) is 3.76. The van der Waals surface area contributed by atoms with Gasteiger partial charge >= 0.3 is 0 Å². The number of carbonyl (C=O) groups is 1. The summed E-state index contributed by atoms with van der Waals surface area (Å²) in [6, 6.07) is 0.521. The third kappa shape index (κ3) is 0.681. The van der Waals surface area contributed by atoms with Crippen molar-refractivity contribution in [1.82, 2.24) is 4.90 Å². The molecule has 1 aliphatic heterocycles. The predicted octanol–water partition coefficient (Wildman–Crippen LogP) is 1.28. The number of fused-ring (bicyclic) bond motifs is 2. The van der Waals surface area contributed by atoms with E-state index in [-0.39, 0.29) is 5.91 Å². The third-order valence-corrected chi connectivity index (χ3v) is 2.38. The summed E-state index contributed by atoms with van der Waals surface area (Å²) >= 11 is 0. The highest BCUT2D eigenvalue weighted by Gasteiger charge is 2.32. The fourth-order valence-corrected chi connectivity index (χ4v) is 1.86. The zero-order valence-corrected chi connectivity index (χ0v) is 6.13. The van der Waals surface area contributed by atoms with Crippen LogP contribution in [0.4, 0.5) is 0 Å². The lowest BCUT2D eigenvalue weighted by molar-refractivity contribution is -0.127. The average molecular weight is 137 g/mol. The molecule has 0 aromatic rings. The monoisotopic (exact) mass is 137 g/mol. The minimum atomic E-state index is 0.194. The maximum Gasteiger partial charge on any atom is 0.223 e. The molecule has 0 saturated heterocycles. The minimum absolute atomic E-state index is 0.194. The van der Waals surface area contributed by atoms with E-state index in [1.54, 1.807) is 6.92 Å². The van der Waals surface area contributed by atoms with E-state index >= 15 is 0 Å². The smallest absolute Gasteiger partial charge is 0.223 e. The predicted molar refractivity (Wildman–Crippen MR) is 38.2 cm³/mol. The van der Waals surface area contributed by atoms with Gasteiger partial charge in [-0.3, -0.25) is 4.79 Å². The summed E-state index contributed by atoms with van der Waals surface area (Å²) in [5.74, 6) is 0.194. The van der Waals surface area contributed by atoms with E-state index in [9.17, 15) is 4.79 Å². The molecule has 0 aromatic carbocycles. The van der Waals surface area contributed by atoms with Crippen LogP contribution in [-0.2, 0) is 4.79 Å². The topological polar surface area (TPSA) is 20.3 Å². The summed E-state index contributed by atoms with van der Waals surface area (Å²) in [6.45, 7) is 1.64. The van der Waals surface area contributed by atoms with Gasteiger partial charge in [-0.25, -0.2) is 0 Å². The van der Waals surface area contributed by atoms with Crippen LogP contribution in [-0.4, -0.2) is 16.8 Å². The molecule has 2 aliphatic rings. The number of nitrogens with zero attached hydrogens (tertiary/aromatic N) is 1. The van der Waals surface area contributed by atoms with Crippen molar-refractivity contribution in [3.05, 3.63) is 11.8 Å². The molecule has 1 unspecified atom stereocenters. The number of hydrogen-bond acceptors (Lipinski definition) is 1. The molecule has 2 nitrogen and oxygen atoms in total. The van der Waals surface area contributed by atoms with Gasteiger partial charge in [-0.1, -0.05) is 5.57 Å². The summed E-state index contributed by atoms with van der Waals surface area (Å²) in [6.07, 6.45) is 5.57. The fourth-order valence-electron chi connectivity index (χ4n) is 1.86. The number of carbonyl (C=O) groups excluding carboxylic acids is 1. The van der Waals surface area contributed by atoms with Gasteiger partial charge in [-0.2, -0.15) is 0 Å². The Hall–Kier alpha value is -0.790. The molecule has 1 saturated carbocycles. The first kappa shape index (κ1) is 5.96. The van der Waals surface area contributed by atoms with E-state index < -0.39 is 0 Å².